The largest absolute Gasteiger partial charge is 0.207 e. The third-order valence-corrected chi connectivity index (χ3v) is 2.66. The first-order valence-electron chi connectivity index (χ1n) is 4.72. The molecule has 0 amide bonds. The van der Waals surface area contributed by atoms with Gasteiger partial charge >= 0.3 is 0 Å². The van der Waals surface area contributed by atoms with E-state index < -0.39 is 0 Å². The van der Waals surface area contributed by atoms with Crippen LogP contribution < -0.4 is 0 Å². The zero-order valence-electron chi connectivity index (χ0n) is 8.37. The van der Waals surface area contributed by atoms with E-state index in [0.29, 0.717) is 5.56 Å². The first-order chi connectivity index (χ1) is 7.16. The fraction of sp³-hybridized carbons (Fsp3) is 0.0769. The maximum Gasteiger partial charge on any atom is 0.126 e. The Labute approximate surface area is 94.2 Å². The van der Waals surface area contributed by atoms with Gasteiger partial charge in [-0.2, -0.15) is 0 Å². The normalized spacial score (nSPS) is 10.3. The van der Waals surface area contributed by atoms with E-state index in [9.17, 15) is 4.39 Å². The molecule has 0 radical (unpaired) electrons. The van der Waals surface area contributed by atoms with Crippen molar-refractivity contribution in [3.63, 3.8) is 0 Å². The van der Waals surface area contributed by atoms with Crippen molar-refractivity contribution in [2.75, 3.05) is 0 Å². The summed E-state index contributed by atoms with van der Waals surface area (Å²) in [5.41, 5.74) is 2.78. The summed E-state index contributed by atoms with van der Waals surface area (Å²) in [7, 11) is 0. The molecule has 15 heavy (non-hydrogen) atoms. The van der Waals surface area contributed by atoms with Gasteiger partial charge in [0.2, 0.25) is 0 Å². The highest BCUT2D eigenvalue weighted by Gasteiger charge is 2.01. The molecule has 0 atom stereocenters. The molecule has 0 aliphatic rings. The van der Waals surface area contributed by atoms with E-state index in [1.54, 1.807) is 13.0 Å². The van der Waals surface area contributed by atoms with Gasteiger partial charge < -0.3 is 0 Å². The SMILES string of the molecule is Cc1cc(-c2ccc(S)cc2)ccc1F. The molecule has 0 bridgehead atoms. The van der Waals surface area contributed by atoms with Crippen LogP contribution in [-0.2, 0) is 0 Å². The minimum atomic E-state index is -0.162. The highest BCUT2D eigenvalue weighted by molar-refractivity contribution is 7.80. The molecule has 0 saturated heterocycles. The minimum absolute atomic E-state index is 0.162. The van der Waals surface area contributed by atoms with Crippen molar-refractivity contribution >= 4 is 12.6 Å². The standard InChI is InChI=1S/C13H11FS/c1-9-8-11(4-7-13(9)14)10-2-5-12(15)6-3-10/h2-8,15H,1H3. The van der Waals surface area contributed by atoms with E-state index in [-0.39, 0.29) is 5.82 Å². The lowest BCUT2D eigenvalue weighted by molar-refractivity contribution is 0.619. The first-order valence-corrected chi connectivity index (χ1v) is 5.17. The zero-order chi connectivity index (χ0) is 10.8. The number of hydrogen-bond acceptors (Lipinski definition) is 1. The van der Waals surface area contributed by atoms with E-state index in [0.717, 1.165) is 16.0 Å². The van der Waals surface area contributed by atoms with Gasteiger partial charge in [0, 0.05) is 4.90 Å². The van der Waals surface area contributed by atoms with Crippen molar-refractivity contribution < 1.29 is 4.39 Å². The van der Waals surface area contributed by atoms with E-state index in [2.05, 4.69) is 12.6 Å². The van der Waals surface area contributed by atoms with Gasteiger partial charge in [0.1, 0.15) is 5.82 Å². The van der Waals surface area contributed by atoms with Gasteiger partial charge in [-0.05, 0) is 47.9 Å². The van der Waals surface area contributed by atoms with Crippen LogP contribution in [0, 0.1) is 12.7 Å². The molecule has 0 aliphatic heterocycles. The maximum atomic E-state index is 13.1. The Morgan fingerprint density at radius 3 is 2.13 bits per heavy atom. The molecule has 2 rings (SSSR count). The lowest BCUT2D eigenvalue weighted by Crippen LogP contribution is -1.84. The van der Waals surface area contributed by atoms with E-state index in [4.69, 9.17) is 0 Å². The van der Waals surface area contributed by atoms with Crippen LogP contribution in [0.4, 0.5) is 4.39 Å². The van der Waals surface area contributed by atoms with E-state index >= 15 is 0 Å². The van der Waals surface area contributed by atoms with Gasteiger partial charge in [0.25, 0.3) is 0 Å². The Morgan fingerprint density at radius 2 is 1.53 bits per heavy atom. The highest BCUT2D eigenvalue weighted by Crippen LogP contribution is 2.22. The number of halogens is 1. The topological polar surface area (TPSA) is 0 Å². The van der Waals surface area contributed by atoms with Crippen molar-refractivity contribution in [3.05, 3.63) is 53.8 Å². The summed E-state index contributed by atoms with van der Waals surface area (Å²) < 4.78 is 13.1. The first kappa shape index (κ1) is 10.2. The van der Waals surface area contributed by atoms with Crippen molar-refractivity contribution in [2.45, 2.75) is 11.8 Å². The lowest BCUT2D eigenvalue weighted by Gasteiger charge is -2.04. The monoisotopic (exact) mass is 218 g/mol. The molecule has 0 aliphatic carbocycles. The summed E-state index contributed by atoms with van der Waals surface area (Å²) >= 11 is 4.22. The third kappa shape index (κ3) is 2.21. The summed E-state index contributed by atoms with van der Waals surface area (Å²) in [4.78, 5) is 0.928. The Kier molecular flexibility index (Phi) is 2.78. The lowest BCUT2D eigenvalue weighted by atomic mass is 10.0. The quantitative estimate of drug-likeness (QED) is 0.685. The Balaban J connectivity index is 2.45. The highest BCUT2D eigenvalue weighted by atomic mass is 32.1. The second-order valence-electron chi connectivity index (χ2n) is 3.51. The van der Waals surface area contributed by atoms with E-state index in [1.165, 1.54) is 6.07 Å². The molecular formula is C13H11FS. The van der Waals surface area contributed by atoms with Crippen LogP contribution in [0.25, 0.3) is 11.1 Å². The fourth-order valence-electron chi connectivity index (χ4n) is 1.48. The Bertz CT molecular complexity index is 474. The maximum absolute atomic E-state index is 13.1. The van der Waals surface area contributed by atoms with Crippen LogP contribution in [0.2, 0.25) is 0 Å². The van der Waals surface area contributed by atoms with Gasteiger partial charge in [-0.25, -0.2) is 4.39 Å². The smallest absolute Gasteiger partial charge is 0.126 e. The molecule has 2 aromatic carbocycles. The Hall–Kier alpha value is -1.28. The molecule has 0 unspecified atom stereocenters. The molecule has 0 spiro atoms. The van der Waals surface area contributed by atoms with Crippen molar-refractivity contribution in [2.24, 2.45) is 0 Å². The summed E-state index contributed by atoms with van der Waals surface area (Å²) in [5.74, 6) is -0.162. The molecule has 2 aromatic rings. The average Bonchev–Trinajstić information content (AvgIpc) is 2.23. The van der Waals surface area contributed by atoms with Crippen molar-refractivity contribution in [1.29, 1.82) is 0 Å². The van der Waals surface area contributed by atoms with Crippen LogP contribution in [0.3, 0.4) is 0 Å². The zero-order valence-corrected chi connectivity index (χ0v) is 9.26. The minimum Gasteiger partial charge on any atom is -0.207 e. The summed E-state index contributed by atoms with van der Waals surface area (Å²) in [6, 6.07) is 13.0. The van der Waals surface area contributed by atoms with Crippen LogP contribution in [0.1, 0.15) is 5.56 Å². The predicted octanol–water partition coefficient (Wildman–Crippen LogP) is 4.09. The van der Waals surface area contributed by atoms with Gasteiger partial charge in [-0.3, -0.25) is 0 Å². The second-order valence-corrected chi connectivity index (χ2v) is 4.03. The number of aryl methyl sites for hydroxylation is 1. The van der Waals surface area contributed by atoms with Gasteiger partial charge in [-0.1, -0.05) is 18.2 Å². The predicted molar refractivity (Wildman–Crippen MR) is 63.8 cm³/mol. The number of rotatable bonds is 1. The molecule has 0 N–H and O–H groups in total. The molecular weight excluding hydrogens is 207 g/mol. The summed E-state index contributed by atoms with van der Waals surface area (Å²) in [6.07, 6.45) is 0. The summed E-state index contributed by atoms with van der Waals surface area (Å²) in [6.45, 7) is 1.77. The molecule has 0 aromatic heterocycles. The van der Waals surface area contributed by atoms with Crippen LogP contribution in [0.5, 0.6) is 0 Å². The van der Waals surface area contributed by atoms with Crippen molar-refractivity contribution in [3.8, 4) is 11.1 Å². The Morgan fingerprint density at radius 1 is 0.933 bits per heavy atom. The van der Waals surface area contributed by atoms with Crippen molar-refractivity contribution in [1.82, 2.24) is 0 Å². The molecule has 0 fully saturated rings. The number of thiol groups is 1. The van der Waals surface area contributed by atoms with Crippen LogP contribution in [0.15, 0.2) is 47.4 Å². The number of hydrogen-bond donors (Lipinski definition) is 1. The molecule has 0 heterocycles. The summed E-state index contributed by atoms with van der Waals surface area (Å²) in [5, 5.41) is 0. The van der Waals surface area contributed by atoms with Gasteiger partial charge in [-0.15, -0.1) is 12.6 Å². The molecule has 0 saturated carbocycles. The molecule has 0 nitrogen and oxygen atoms in total. The fourth-order valence-corrected chi connectivity index (χ4v) is 1.63. The number of benzene rings is 2. The van der Waals surface area contributed by atoms with E-state index in [1.807, 2.05) is 30.3 Å². The average molecular weight is 218 g/mol. The molecule has 76 valence electrons. The van der Waals surface area contributed by atoms with Crippen LogP contribution >= 0.6 is 12.6 Å². The van der Waals surface area contributed by atoms with Crippen LogP contribution in [-0.4, -0.2) is 0 Å². The second kappa shape index (κ2) is 4.07. The third-order valence-electron chi connectivity index (χ3n) is 2.36. The molecule has 2 heteroatoms. The van der Waals surface area contributed by atoms with Gasteiger partial charge in [0.15, 0.2) is 0 Å². The van der Waals surface area contributed by atoms with Gasteiger partial charge in [0.05, 0.1) is 0 Å².